The summed E-state index contributed by atoms with van der Waals surface area (Å²) in [5.74, 6) is 0.0991. The second-order valence-corrected chi connectivity index (χ2v) is 7.20. The minimum Gasteiger partial charge on any atom is -0.399 e. The van der Waals surface area contributed by atoms with Crippen molar-refractivity contribution in [1.82, 2.24) is 4.98 Å². The highest BCUT2D eigenvalue weighted by atomic mass is 19.1. The lowest BCUT2D eigenvalue weighted by Gasteiger charge is -2.32. The Labute approximate surface area is 126 Å². The maximum atomic E-state index is 14.2. The molecule has 0 amide bonds. The summed E-state index contributed by atoms with van der Waals surface area (Å²) in [4.78, 5) is 4.28. The van der Waals surface area contributed by atoms with Crippen LogP contribution in [0.4, 0.5) is 4.39 Å². The van der Waals surface area contributed by atoms with Gasteiger partial charge in [-0.05, 0) is 46.6 Å². The van der Waals surface area contributed by atoms with Crippen molar-refractivity contribution in [2.75, 3.05) is 0 Å². The van der Waals surface area contributed by atoms with Crippen molar-refractivity contribution in [3.63, 3.8) is 0 Å². The molecular formula is C16H23BFNO2. The normalized spacial score (nSPS) is 24.7. The molecule has 1 aliphatic carbocycles. The van der Waals surface area contributed by atoms with Gasteiger partial charge < -0.3 is 9.31 Å². The summed E-state index contributed by atoms with van der Waals surface area (Å²) >= 11 is 0. The fraction of sp³-hybridized carbons (Fsp3) is 0.688. The number of pyridine rings is 1. The van der Waals surface area contributed by atoms with Crippen LogP contribution in [0.3, 0.4) is 0 Å². The Bertz CT molecular complexity index is 525. The summed E-state index contributed by atoms with van der Waals surface area (Å²) in [6, 6.07) is 1.84. The fourth-order valence-electron chi connectivity index (χ4n) is 3.07. The van der Waals surface area contributed by atoms with Crippen molar-refractivity contribution in [3.05, 3.63) is 23.8 Å². The lowest BCUT2D eigenvalue weighted by molar-refractivity contribution is 0.00578. The SMILES string of the molecule is CC1(C)OB(c2cc(C3CCCC3)ncc2F)OC1(C)C. The molecule has 2 fully saturated rings. The van der Waals surface area contributed by atoms with Gasteiger partial charge in [0, 0.05) is 17.1 Å². The summed E-state index contributed by atoms with van der Waals surface area (Å²) in [5, 5.41) is 0. The van der Waals surface area contributed by atoms with Crippen LogP contribution < -0.4 is 5.46 Å². The maximum absolute atomic E-state index is 14.2. The molecule has 21 heavy (non-hydrogen) atoms. The molecule has 0 bridgehead atoms. The first kappa shape index (κ1) is 15.0. The molecule has 1 aromatic heterocycles. The van der Waals surface area contributed by atoms with Crippen LogP contribution in [0.15, 0.2) is 12.3 Å². The van der Waals surface area contributed by atoms with E-state index < -0.39 is 18.3 Å². The van der Waals surface area contributed by atoms with Crippen molar-refractivity contribution in [3.8, 4) is 0 Å². The van der Waals surface area contributed by atoms with Crippen LogP contribution in [-0.2, 0) is 9.31 Å². The van der Waals surface area contributed by atoms with Gasteiger partial charge in [-0.25, -0.2) is 4.39 Å². The van der Waals surface area contributed by atoms with Gasteiger partial charge in [0.15, 0.2) is 0 Å². The van der Waals surface area contributed by atoms with Crippen LogP contribution in [0.2, 0.25) is 0 Å². The smallest absolute Gasteiger partial charge is 0.399 e. The summed E-state index contributed by atoms with van der Waals surface area (Å²) in [5.41, 5.74) is 0.533. The molecule has 114 valence electrons. The molecule has 1 saturated heterocycles. The topological polar surface area (TPSA) is 31.4 Å². The highest BCUT2D eigenvalue weighted by molar-refractivity contribution is 6.62. The largest absolute Gasteiger partial charge is 0.497 e. The maximum Gasteiger partial charge on any atom is 0.497 e. The van der Waals surface area contributed by atoms with Crippen molar-refractivity contribution < 1.29 is 13.7 Å². The van der Waals surface area contributed by atoms with Gasteiger partial charge in [-0.2, -0.15) is 0 Å². The van der Waals surface area contributed by atoms with Gasteiger partial charge in [0.2, 0.25) is 0 Å². The lowest BCUT2D eigenvalue weighted by Crippen LogP contribution is -2.41. The monoisotopic (exact) mass is 291 g/mol. The standard InChI is InChI=1S/C16H23BFNO2/c1-15(2)16(3,4)21-17(20-15)12-9-14(19-10-13(12)18)11-7-5-6-8-11/h9-11H,5-8H2,1-4H3. The average molecular weight is 291 g/mol. The van der Waals surface area contributed by atoms with Crippen LogP contribution in [0.25, 0.3) is 0 Å². The van der Waals surface area contributed by atoms with Crippen molar-refractivity contribution in [2.24, 2.45) is 0 Å². The molecule has 1 aromatic rings. The van der Waals surface area contributed by atoms with Crippen molar-refractivity contribution in [2.45, 2.75) is 70.5 Å². The fourth-order valence-corrected chi connectivity index (χ4v) is 3.07. The number of rotatable bonds is 2. The molecule has 1 saturated carbocycles. The highest BCUT2D eigenvalue weighted by Gasteiger charge is 2.52. The van der Waals surface area contributed by atoms with Gasteiger partial charge in [0.25, 0.3) is 0 Å². The van der Waals surface area contributed by atoms with E-state index in [9.17, 15) is 4.39 Å². The minimum absolute atomic E-state index is 0.352. The van der Waals surface area contributed by atoms with Crippen LogP contribution in [0.1, 0.15) is 65.0 Å². The molecule has 5 heteroatoms. The third-order valence-electron chi connectivity index (χ3n) is 5.19. The van der Waals surface area contributed by atoms with E-state index in [0.29, 0.717) is 11.4 Å². The third-order valence-corrected chi connectivity index (χ3v) is 5.19. The minimum atomic E-state index is -0.654. The first-order valence-electron chi connectivity index (χ1n) is 7.81. The molecule has 2 aliphatic rings. The first-order chi connectivity index (χ1) is 9.80. The molecule has 0 N–H and O–H groups in total. The van der Waals surface area contributed by atoms with Crippen LogP contribution in [0, 0.1) is 5.82 Å². The Hall–Kier alpha value is -0.935. The summed E-state index contributed by atoms with van der Waals surface area (Å²) < 4.78 is 26.1. The summed E-state index contributed by atoms with van der Waals surface area (Å²) in [6.45, 7) is 7.90. The molecule has 3 rings (SSSR count). The van der Waals surface area contributed by atoms with Crippen LogP contribution in [0.5, 0.6) is 0 Å². The zero-order valence-electron chi connectivity index (χ0n) is 13.3. The molecule has 0 aromatic carbocycles. The van der Waals surface area contributed by atoms with Gasteiger partial charge in [-0.15, -0.1) is 0 Å². The highest BCUT2D eigenvalue weighted by Crippen LogP contribution is 2.37. The van der Waals surface area contributed by atoms with Crippen LogP contribution in [-0.4, -0.2) is 23.3 Å². The predicted octanol–water partition coefficient (Wildman–Crippen LogP) is 3.18. The van der Waals surface area contributed by atoms with Gasteiger partial charge in [0.05, 0.1) is 17.4 Å². The molecule has 0 spiro atoms. The van der Waals surface area contributed by atoms with Crippen molar-refractivity contribution in [1.29, 1.82) is 0 Å². The third kappa shape index (κ3) is 2.62. The number of halogens is 1. The number of hydrogen-bond acceptors (Lipinski definition) is 3. The van der Waals surface area contributed by atoms with E-state index in [1.54, 1.807) is 0 Å². The van der Waals surface area contributed by atoms with E-state index in [0.717, 1.165) is 18.5 Å². The number of hydrogen-bond donors (Lipinski definition) is 0. The molecule has 2 heterocycles. The van der Waals surface area contributed by atoms with E-state index in [1.165, 1.54) is 19.0 Å². The van der Waals surface area contributed by atoms with Gasteiger partial charge in [-0.1, -0.05) is 12.8 Å². The number of nitrogens with zero attached hydrogens (tertiary/aromatic N) is 1. The summed E-state index contributed by atoms with van der Waals surface area (Å²) in [6.07, 6.45) is 6.06. The van der Waals surface area contributed by atoms with E-state index in [-0.39, 0.29) is 5.82 Å². The van der Waals surface area contributed by atoms with E-state index >= 15 is 0 Å². The second kappa shape index (κ2) is 5.06. The Morgan fingerprint density at radius 3 is 2.29 bits per heavy atom. The van der Waals surface area contributed by atoms with Gasteiger partial charge in [0.1, 0.15) is 5.82 Å². The Morgan fingerprint density at radius 1 is 1.14 bits per heavy atom. The Balaban J connectivity index is 1.90. The van der Waals surface area contributed by atoms with E-state index in [4.69, 9.17) is 9.31 Å². The van der Waals surface area contributed by atoms with E-state index in [2.05, 4.69) is 4.98 Å². The molecule has 0 unspecified atom stereocenters. The molecule has 1 aliphatic heterocycles. The van der Waals surface area contributed by atoms with Crippen molar-refractivity contribution >= 4 is 12.6 Å². The summed E-state index contributed by atoms with van der Waals surface area (Å²) in [7, 11) is -0.654. The van der Waals surface area contributed by atoms with Gasteiger partial charge >= 0.3 is 7.12 Å². The van der Waals surface area contributed by atoms with Crippen LogP contribution >= 0.6 is 0 Å². The predicted molar refractivity (Wildman–Crippen MR) is 81.1 cm³/mol. The number of aromatic nitrogens is 1. The quantitative estimate of drug-likeness (QED) is 0.784. The van der Waals surface area contributed by atoms with E-state index in [1.807, 2.05) is 33.8 Å². The Kier molecular flexibility index (Phi) is 3.61. The Morgan fingerprint density at radius 2 is 1.71 bits per heavy atom. The average Bonchev–Trinajstić information content (AvgIpc) is 2.97. The zero-order valence-corrected chi connectivity index (χ0v) is 13.3. The molecule has 0 radical (unpaired) electrons. The molecule has 3 nitrogen and oxygen atoms in total. The molecule has 0 atom stereocenters. The molecular weight excluding hydrogens is 268 g/mol. The zero-order chi connectivity index (χ0) is 15.3. The lowest BCUT2D eigenvalue weighted by atomic mass is 9.78. The van der Waals surface area contributed by atoms with Gasteiger partial charge in [-0.3, -0.25) is 4.98 Å². The first-order valence-corrected chi connectivity index (χ1v) is 7.81. The second-order valence-electron chi connectivity index (χ2n) is 7.20.